The molecule has 3 heterocycles. The maximum atomic E-state index is 13.3. The van der Waals surface area contributed by atoms with Gasteiger partial charge in [-0.05, 0) is 55.0 Å². The van der Waals surface area contributed by atoms with Crippen molar-refractivity contribution in [1.82, 2.24) is 15.0 Å². The number of rotatable bonds is 4. The van der Waals surface area contributed by atoms with Crippen molar-refractivity contribution in [3.05, 3.63) is 88.2 Å². The fraction of sp³-hybridized carbons (Fsp3) is 0.120. The summed E-state index contributed by atoms with van der Waals surface area (Å²) in [5, 5.41) is 11.6. The van der Waals surface area contributed by atoms with Gasteiger partial charge in [-0.3, -0.25) is 19.5 Å². The Balaban J connectivity index is 1.75. The van der Waals surface area contributed by atoms with Gasteiger partial charge in [0.15, 0.2) is 0 Å². The molecule has 1 fully saturated rings. The number of hydrogen-bond acceptors (Lipinski definition) is 6. The highest BCUT2D eigenvalue weighted by Crippen LogP contribution is 2.42. The van der Waals surface area contributed by atoms with Gasteiger partial charge in [0, 0.05) is 11.2 Å². The molecule has 5 rings (SSSR count). The Labute approximate surface area is 199 Å². The number of hydrogen-bond donors (Lipinski definition) is 2. The lowest BCUT2D eigenvalue weighted by Gasteiger charge is -2.22. The highest BCUT2D eigenvalue weighted by atomic mass is 35.5. The number of carbonyl (C=O) groups is 2. The number of methoxy groups -OCH3 is 1. The summed E-state index contributed by atoms with van der Waals surface area (Å²) in [6.45, 7) is 1.94. The predicted octanol–water partition coefficient (Wildman–Crippen LogP) is 4.55. The van der Waals surface area contributed by atoms with Crippen molar-refractivity contribution >= 4 is 46.0 Å². The van der Waals surface area contributed by atoms with Crippen LogP contribution in [-0.2, 0) is 9.59 Å². The number of benzene rings is 2. The fourth-order valence-electron chi connectivity index (χ4n) is 4.10. The average molecular weight is 475 g/mol. The first-order chi connectivity index (χ1) is 16.4. The quantitative estimate of drug-likeness (QED) is 0.255. The first kappa shape index (κ1) is 21.7. The molecular formula is C25H19ClN4O4. The van der Waals surface area contributed by atoms with Crippen molar-refractivity contribution in [1.29, 1.82) is 0 Å². The number of aryl methyl sites for hydroxylation is 1. The minimum atomic E-state index is -1.02. The molecule has 0 saturated carbocycles. The molecule has 0 aliphatic carbocycles. The summed E-state index contributed by atoms with van der Waals surface area (Å²) in [5.41, 5.74) is 2.81. The van der Waals surface area contributed by atoms with Gasteiger partial charge in [0.1, 0.15) is 17.6 Å². The summed E-state index contributed by atoms with van der Waals surface area (Å²) < 4.78 is 5.35. The number of fused-ring (bicyclic) bond motifs is 1. The van der Waals surface area contributed by atoms with Crippen LogP contribution in [0.15, 0.2) is 66.4 Å². The van der Waals surface area contributed by atoms with Gasteiger partial charge in [0.25, 0.3) is 5.78 Å². The van der Waals surface area contributed by atoms with E-state index in [9.17, 15) is 14.7 Å². The Bertz CT molecular complexity index is 1480. The number of aromatic nitrogens is 3. The van der Waals surface area contributed by atoms with Crippen LogP contribution in [0.25, 0.3) is 16.8 Å². The lowest BCUT2D eigenvalue weighted by atomic mass is 9.98. The largest absolute Gasteiger partial charge is 0.507 e. The molecule has 0 bridgehead atoms. The van der Waals surface area contributed by atoms with Crippen LogP contribution in [0.5, 0.6) is 5.75 Å². The number of pyridine rings is 1. The van der Waals surface area contributed by atoms with Gasteiger partial charge >= 0.3 is 5.91 Å². The normalized spacial score (nSPS) is 17.5. The zero-order valence-corrected chi connectivity index (χ0v) is 19.0. The van der Waals surface area contributed by atoms with Crippen LogP contribution in [0, 0.1) is 6.92 Å². The molecule has 9 heteroatoms. The van der Waals surface area contributed by atoms with Crippen LogP contribution in [0.1, 0.15) is 22.9 Å². The number of aromatic amines is 1. The number of H-pyrrole nitrogens is 1. The Morgan fingerprint density at radius 2 is 1.97 bits per heavy atom. The van der Waals surface area contributed by atoms with E-state index >= 15 is 0 Å². The molecule has 2 N–H and O–H groups in total. The van der Waals surface area contributed by atoms with Crippen LogP contribution in [0.4, 0.5) is 5.95 Å². The number of aliphatic hydroxyl groups excluding tert-OH is 1. The van der Waals surface area contributed by atoms with E-state index in [0.717, 1.165) is 5.56 Å². The number of aliphatic hydroxyl groups is 1. The third-order valence-electron chi connectivity index (χ3n) is 5.68. The maximum absolute atomic E-state index is 13.3. The van der Waals surface area contributed by atoms with Crippen LogP contribution in [0.2, 0.25) is 5.02 Å². The van der Waals surface area contributed by atoms with E-state index in [-0.39, 0.29) is 17.1 Å². The van der Waals surface area contributed by atoms with E-state index in [4.69, 9.17) is 16.3 Å². The fourth-order valence-corrected chi connectivity index (χ4v) is 4.28. The lowest BCUT2D eigenvalue weighted by molar-refractivity contribution is -0.132. The van der Waals surface area contributed by atoms with Gasteiger partial charge in [-0.25, -0.2) is 4.98 Å². The van der Waals surface area contributed by atoms with Crippen molar-refractivity contribution < 1.29 is 19.4 Å². The van der Waals surface area contributed by atoms with Crippen molar-refractivity contribution in [3.8, 4) is 5.75 Å². The molecule has 1 aliphatic rings. The van der Waals surface area contributed by atoms with Gasteiger partial charge in [0.2, 0.25) is 5.95 Å². The number of ether oxygens (including phenoxy) is 1. The molecular weight excluding hydrogens is 456 g/mol. The molecule has 34 heavy (non-hydrogen) atoms. The maximum Gasteiger partial charge on any atom is 0.302 e. The van der Waals surface area contributed by atoms with Gasteiger partial charge in [-0.15, -0.1) is 0 Å². The van der Waals surface area contributed by atoms with Crippen LogP contribution in [-0.4, -0.2) is 38.9 Å². The molecule has 1 aliphatic heterocycles. The summed E-state index contributed by atoms with van der Waals surface area (Å²) in [6.07, 6.45) is 1.55. The molecule has 4 aromatic rings. The first-order valence-corrected chi connectivity index (χ1v) is 10.8. The Kier molecular flexibility index (Phi) is 5.30. The van der Waals surface area contributed by atoms with E-state index in [2.05, 4.69) is 15.0 Å². The molecule has 1 atom stereocenters. The van der Waals surface area contributed by atoms with Crippen LogP contribution >= 0.6 is 11.6 Å². The van der Waals surface area contributed by atoms with Crippen molar-refractivity contribution in [2.75, 3.05) is 12.0 Å². The van der Waals surface area contributed by atoms with Gasteiger partial charge < -0.3 is 14.8 Å². The molecule has 1 unspecified atom stereocenters. The molecule has 170 valence electrons. The minimum absolute atomic E-state index is 0.138. The Hall–Kier alpha value is -4.17. The van der Waals surface area contributed by atoms with Gasteiger partial charge in [-0.2, -0.15) is 0 Å². The number of anilines is 1. The van der Waals surface area contributed by atoms with Crippen molar-refractivity contribution in [2.45, 2.75) is 13.0 Å². The zero-order valence-electron chi connectivity index (χ0n) is 18.2. The van der Waals surface area contributed by atoms with Gasteiger partial charge in [-0.1, -0.05) is 23.7 Å². The smallest absolute Gasteiger partial charge is 0.302 e. The summed E-state index contributed by atoms with van der Waals surface area (Å²) in [4.78, 5) is 39.8. The SMILES string of the molecule is COc1ccc(Cl)cc1/C(O)=C1\C(=O)C(=O)N(c2nc3ccc(C)cc3[nH]2)C1c1ccccn1. The number of imidazole rings is 1. The lowest BCUT2D eigenvalue weighted by Crippen LogP contribution is -2.30. The number of ketones is 1. The molecule has 0 spiro atoms. The Morgan fingerprint density at radius 1 is 1.15 bits per heavy atom. The third kappa shape index (κ3) is 3.48. The highest BCUT2D eigenvalue weighted by molar-refractivity contribution is 6.51. The van der Waals surface area contributed by atoms with Crippen molar-refractivity contribution in [2.24, 2.45) is 0 Å². The summed E-state index contributed by atoms with van der Waals surface area (Å²) in [7, 11) is 1.44. The zero-order chi connectivity index (χ0) is 24.0. The predicted molar refractivity (Wildman–Crippen MR) is 128 cm³/mol. The standard InChI is InChI=1S/C25H19ClN4O4/c1-13-6-8-16-18(11-13)29-25(28-16)30-21(17-5-3-4-10-27-17)20(23(32)24(30)33)22(31)15-12-14(26)7-9-19(15)34-2/h3-12,21,31H,1-2H3,(H,28,29)/b22-20+. The van der Waals surface area contributed by atoms with E-state index < -0.39 is 23.5 Å². The highest BCUT2D eigenvalue weighted by Gasteiger charge is 2.49. The molecule has 2 aromatic carbocycles. The summed E-state index contributed by atoms with van der Waals surface area (Å²) in [5.74, 6) is -1.65. The van der Waals surface area contributed by atoms with E-state index in [1.165, 1.54) is 18.1 Å². The van der Waals surface area contributed by atoms with E-state index in [1.54, 1.807) is 36.5 Å². The minimum Gasteiger partial charge on any atom is -0.507 e. The molecule has 1 amide bonds. The average Bonchev–Trinajstić information content (AvgIpc) is 3.37. The molecule has 1 saturated heterocycles. The number of amides is 1. The first-order valence-electron chi connectivity index (χ1n) is 10.4. The molecule has 0 radical (unpaired) electrons. The van der Waals surface area contributed by atoms with Crippen molar-refractivity contribution in [3.63, 3.8) is 0 Å². The number of Topliss-reactive ketones (excluding diaryl/α,β-unsaturated/α-hetero) is 1. The topological polar surface area (TPSA) is 108 Å². The number of halogens is 1. The number of nitrogens with one attached hydrogen (secondary N) is 1. The second-order valence-corrected chi connectivity index (χ2v) is 8.29. The molecule has 8 nitrogen and oxygen atoms in total. The summed E-state index contributed by atoms with van der Waals surface area (Å²) in [6, 6.07) is 14.4. The molecule has 2 aromatic heterocycles. The number of nitrogens with zero attached hydrogens (tertiary/aromatic N) is 3. The second-order valence-electron chi connectivity index (χ2n) is 7.85. The number of carbonyl (C=O) groups excluding carboxylic acids is 2. The third-order valence-corrected chi connectivity index (χ3v) is 5.92. The monoisotopic (exact) mass is 474 g/mol. The Morgan fingerprint density at radius 3 is 2.71 bits per heavy atom. The van der Waals surface area contributed by atoms with E-state index in [0.29, 0.717) is 27.5 Å². The summed E-state index contributed by atoms with van der Waals surface area (Å²) >= 11 is 6.15. The van der Waals surface area contributed by atoms with Gasteiger partial charge in [0.05, 0.1) is 35.0 Å². The second kappa shape index (κ2) is 8.31. The van der Waals surface area contributed by atoms with Crippen LogP contribution in [0.3, 0.4) is 0 Å². The van der Waals surface area contributed by atoms with Crippen LogP contribution < -0.4 is 9.64 Å². The van der Waals surface area contributed by atoms with E-state index in [1.807, 2.05) is 25.1 Å².